The molecular weight excluding hydrogens is 204 g/mol. The van der Waals surface area contributed by atoms with E-state index in [1.54, 1.807) is 18.2 Å². The lowest BCUT2D eigenvalue weighted by atomic mass is 10.1. The van der Waals surface area contributed by atoms with Gasteiger partial charge in [0.05, 0.1) is 12.5 Å². The topological polar surface area (TPSA) is 105 Å². The zero-order valence-electron chi connectivity index (χ0n) is 8.86. The Balaban J connectivity index is 2.64. The highest BCUT2D eigenvalue weighted by Crippen LogP contribution is 2.18. The summed E-state index contributed by atoms with van der Waals surface area (Å²) in [5, 5.41) is 11.6. The first kappa shape index (κ1) is 11.9. The van der Waals surface area contributed by atoms with Crippen LogP contribution in [0.4, 0.5) is 11.4 Å². The molecule has 1 rings (SSSR count). The summed E-state index contributed by atoms with van der Waals surface area (Å²) in [4.78, 5) is 10.5. The van der Waals surface area contributed by atoms with Crippen molar-refractivity contribution >= 4 is 17.3 Å². The van der Waals surface area contributed by atoms with Gasteiger partial charge in [0.25, 0.3) is 0 Å². The van der Waals surface area contributed by atoms with Crippen molar-refractivity contribution in [1.29, 1.82) is 5.26 Å². The first-order valence-corrected chi connectivity index (χ1v) is 4.91. The number of hydrogen-bond donors (Lipinski definition) is 3. The quantitative estimate of drug-likeness (QED) is 0.630. The maximum absolute atomic E-state index is 10.5. The summed E-state index contributed by atoms with van der Waals surface area (Å²) in [5.74, 6) is -0.347. The molecule has 0 fully saturated rings. The fraction of sp³-hybridized carbons (Fsp3) is 0.273. The van der Waals surface area contributed by atoms with Crippen molar-refractivity contribution in [3.05, 3.63) is 23.8 Å². The Labute approximate surface area is 94.0 Å². The molecule has 5 heteroatoms. The highest BCUT2D eigenvalue weighted by Gasteiger charge is 2.01. The third-order valence-electron chi connectivity index (χ3n) is 2.11. The molecule has 5 N–H and O–H groups in total. The van der Waals surface area contributed by atoms with Crippen LogP contribution in [0, 0.1) is 11.3 Å². The Kier molecular flexibility index (Phi) is 4.16. The molecule has 0 spiro atoms. The number of nitrogen functional groups attached to an aromatic ring is 1. The summed E-state index contributed by atoms with van der Waals surface area (Å²) < 4.78 is 0. The second-order valence-electron chi connectivity index (χ2n) is 3.39. The van der Waals surface area contributed by atoms with Crippen molar-refractivity contribution < 1.29 is 4.79 Å². The van der Waals surface area contributed by atoms with Gasteiger partial charge in [-0.3, -0.25) is 4.79 Å². The van der Waals surface area contributed by atoms with Gasteiger partial charge >= 0.3 is 0 Å². The smallest absolute Gasteiger partial charge is 0.219 e. The molecule has 1 aromatic carbocycles. The van der Waals surface area contributed by atoms with Gasteiger partial charge in [-0.25, -0.2) is 0 Å². The van der Waals surface area contributed by atoms with Crippen LogP contribution in [0.1, 0.15) is 12.0 Å². The average molecular weight is 218 g/mol. The number of rotatable bonds is 5. The number of carbonyl (C=O) groups excluding carboxylic acids is 1. The van der Waals surface area contributed by atoms with Crippen molar-refractivity contribution in [3.8, 4) is 6.07 Å². The van der Waals surface area contributed by atoms with E-state index in [4.69, 9.17) is 16.7 Å². The van der Waals surface area contributed by atoms with E-state index in [0.29, 0.717) is 12.2 Å². The van der Waals surface area contributed by atoms with Gasteiger partial charge in [-0.15, -0.1) is 0 Å². The summed E-state index contributed by atoms with van der Waals surface area (Å²) in [5.41, 5.74) is 12.9. The summed E-state index contributed by atoms with van der Waals surface area (Å²) in [6.07, 6.45) is 0.551. The van der Waals surface area contributed by atoms with Crippen LogP contribution in [0.3, 0.4) is 0 Å². The maximum Gasteiger partial charge on any atom is 0.219 e. The Bertz CT molecular complexity index is 422. The minimum Gasteiger partial charge on any atom is -0.398 e. The molecule has 1 aromatic rings. The fourth-order valence-corrected chi connectivity index (χ4v) is 1.28. The molecule has 16 heavy (non-hydrogen) atoms. The second kappa shape index (κ2) is 5.61. The molecule has 0 atom stereocenters. The van der Waals surface area contributed by atoms with Gasteiger partial charge in [0.1, 0.15) is 0 Å². The number of nitriles is 1. The minimum atomic E-state index is -0.347. The number of anilines is 2. The van der Waals surface area contributed by atoms with Gasteiger partial charge in [-0.2, -0.15) is 5.26 Å². The number of hydrogen-bond acceptors (Lipinski definition) is 4. The molecule has 0 aliphatic rings. The van der Waals surface area contributed by atoms with Crippen molar-refractivity contribution in [2.45, 2.75) is 12.8 Å². The van der Waals surface area contributed by atoms with Crippen LogP contribution in [0.5, 0.6) is 0 Å². The first-order valence-electron chi connectivity index (χ1n) is 4.91. The van der Waals surface area contributed by atoms with E-state index in [9.17, 15) is 4.79 Å². The molecule has 0 saturated heterocycles. The number of carbonyl (C=O) groups is 1. The Morgan fingerprint density at radius 3 is 2.88 bits per heavy atom. The highest BCUT2D eigenvalue weighted by molar-refractivity contribution is 5.74. The Morgan fingerprint density at radius 1 is 1.50 bits per heavy atom. The number of nitrogens with two attached hydrogens (primary N) is 2. The van der Waals surface area contributed by atoms with Crippen molar-refractivity contribution in [3.63, 3.8) is 0 Å². The summed E-state index contributed by atoms with van der Waals surface area (Å²) >= 11 is 0. The minimum absolute atomic E-state index is 0.275. The van der Waals surface area contributed by atoms with Crippen LogP contribution in [0.15, 0.2) is 18.2 Å². The molecule has 5 nitrogen and oxygen atoms in total. The lowest BCUT2D eigenvalue weighted by molar-refractivity contribution is -0.117. The SMILES string of the molecule is N#CCc1cc(NCCC(N)=O)ccc1N. The zero-order chi connectivity index (χ0) is 12.0. The molecule has 0 radical (unpaired) electrons. The maximum atomic E-state index is 10.5. The normalized spacial score (nSPS) is 9.44. The first-order chi connectivity index (χ1) is 7.63. The number of nitrogens with zero attached hydrogens (tertiary/aromatic N) is 1. The molecule has 0 aliphatic carbocycles. The molecule has 0 bridgehead atoms. The predicted octanol–water partition coefficient (Wildman–Crippen LogP) is 0.622. The van der Waals surface area contributed by atoms with Crippen molar-refractivity contribution in [2.75, 3.05) is 17.6 Å². The zero-order valence-corrected chi connectivity index (χ0v) is 8.86. The van der Waals surface area contributed by atoms with Crippen LogP contribution in [0.25, 0.3) is 0 Å². The van der Waals surface area contributed by atoms with E-state index >= 15 is 0 Å². The predicted molar refractivity (Wildman–Crippen MR) is 62.5 cm³/mol. The summed E-state index contributed by atoms with van der Waals surface area (Å²) in [6, 6.07) is 7.39. The van der Waals surface area contributed by atoms with Crippen LogP contribution in [-0.2, 0) is 11.2 Å². The van der Waals surface area contributed by atoms with Crippen molar-refractivity contribution in [2.24, 2.45) is 5.73 Å². The van der Waals surface area contributed by atoms with Crippen LogP contribution in [0.2, 0.25) is 0 Å². The van der Waals surface area contributed by atoms with E-state index in [1.165, 1.54) is 0 Å². The highest BCUT2D eigenvalue weighted by atomic mass is 16.1. The Hall–Kier alpha value is -2.22. The molecule has 0 saturated carbocycles. The average Bonchev–Trinajstić information content (AvgIpc) is 2.22. The van der Waals surface area contributed by atoms with Gasteiger partial charge in [0.15, 0.2) is 0 Å². The molecule has 0 heterocycles. The van der Waals surface area contributed by atoms with E-state index in [1.807, 2.05) is 6.07 Å². The van der Waals surface area contributed by atoms with Gasteiger partial charge < -0.3 is 16.8 Å². The van der Waals surface area contributed by atoms with Crippen molar-refractivity contribution in [1.82, 2.24) is 0 Å². The number of amides is 1. The summed E-state index contributed by atoms with van der Waals surface area (Å²) in [7, 11) is 0. The standard InChI is InChI=1S/C11H14N4O/c12-5-3-8-7-9(1-2-10(8)13)15-6-4-11(14)16/h1-2,7,15H,3-4,6,13H2,(H2,14,16). The molecule has 0 unspecified atom stereocenters. The third-order valence-corrected chi connectivity index (χ3v) is 2.11. The molecular formula is C11H14N4O. The van der Waals surface area contributed by atoms with Gasteiger partial charge in [-0.1, -0.05) is 0 Å². The second-order valence-corrected chi connectivity index (χ2v) is 3.39. The van der Waals surface area contributed by atoms with Gasteiger partial charge in [-0.05, 0) is 23.8 Å². The largest absolute Gasteiger partial charge is 0.398 e. The molecule has 0 aromatic heterocycles. The van der Waals surface area contributed by atoms with Crippen LogP contribution >= 0.6 is 0 Å². The number of nitrogens with one attached hydrogen (secondary N) is 1. The number of primary amides is 1. The monoisotopic (exact) mass is 218 g/mol. The van der Waals surface area contributed by atoms with Gasteiger partial charge in [0, 0.05) is 24.3 Å². The van der Waals surface area contributed by atoms with E-state index < -0.39 is 0 Å². The van der Waals surface area contributed by atoms with Gasteiger partial charge in [0.2, 0.25) is 5.91 Å². The van der Waals surface area contributed by atoms with E-state index in [0.717, 1.165) is 11.3 Å². The molecule has 84 valence electrons. The third kappa shape index (κ3) is 3.50. The summed E-state index contributed by atoms with van der Waals surface area (Å²) in [6.45, 7) is 0.477. The fourth-order valence-electron chi connectivity index (χ4n) is 1.28. The van der Waals surface area contributed by atoms with E-state index in [-0.39, 0.29) is 18.7 Å². The Morgan fingerprint density at radius 2 is 2.25 bits per heavy atom. The lowest BCUT2D eigenvalue weighted by Crippen LogP contribution is -2.15. The number of benzene rings is 1. The van der Waals surface area contributed by atoms with Crippen LogP contribution < -0.4 is 16.8 Å². The molecule has 0 aliphatic heterocycles. The van der Waals surface area contributed by atoms with Crippen LogP contribution in [-0.4, -0.2) is 12.5 Å². The van der Waals surface area contributed by atoms with E-state index in [2.05, 4.69) is 5.32 Å². The molecule has 1 amide bonds. The lowest BCUT2D eigenvalue weighted by Gasteiger charge is -2.08.